The van der Waals surface area contributed by atoms with E-state index in [9.17, 15) is 9.59 Å². The van der Waals surface area contributed by atoms with E-state index < -0.39 is 0 Å². The largest absolute Gasteiger partial charge is 0.337 e. The van der Waals surface area contributed by atoms with Gasteiger partial charge in [-0.25, -0.2) is 0 Å². The number of nitrogens with one attached hydrogen (secondary N) is 1. The van der Waals surface area contributed by atoms with Gasteiger partial charge >= 0.3 is 0 Å². The second-order valence-corrected chi connectivity index (χ2v) is 7.31. The third-order valence-corrected chi connectivity index (χ3v) is 5.23. The molecule has 1 N–H and O–H groups in total. The number of carbonyl (C=O) groups is 1. The highest BCUT2D eigenvalue weighted by molar-refractivity contribution is 5.92. The fourth-order valence-corrected chi connectivity index (χ4v) is 3.78. The van der Waals surface area contributed by atoms with Gasteiger partial charge in [0.15, 0.2) is 0 Å². The number of fused-ring (bicyclic) bond motifs is 1. The number of likely N-dealkylation sites (tertiary alicyclic amines) is 1. The van der Waals surface area contributed by atoms with Crippen LogP contribution in [0.25, 0.3) is 10.9 Å². The summed E-state index contributed by atoms with van der Waals surface area (Å²) in [6.07, 6.45) is 5.00. The van der Waals surface area contributed by atoms with E-state index in [4.69, 9.17) is 0 Å². The van der Waals surface area contributed by atoms with Crippen LogP contribution in [0.3, 0.4) is 0 Å². The Balaban J connectivity index is 1.50. The van der Waals surface area contributed by atoms with Crippen molar-refractivity contribution in [1.29, 1.82) is 0 Å². The number of aromatic nitrogens is 4. The van der Waals surface area contributed by atoms with Crippen molar-refractivity contribution in [2.75, 3.05) is 13.1 Å². The van der Waals surface area contributed by atoms with Crippen molar-refractivity contribution in [3.63, 3.8) is 0 Å². The molecule has 3 aromatic rings. The molecule has 0 atom stereocenters. The van der Waals surface area contributed by atoms with Crippen LogP contribution in [-0.2, 0) is 0 Å². The standard InChI is InChI=1S/C20H23N5O2/c1-13(2)25-18(5-9-22-25)20(27)24-10-6-14(7-11-24)16-12-17-15(19(26)23-16)4-3-8-21-17/h3-5,8-9,12-14H,6-7,10-11H2,1-2H3,(H,23,26). The summed E-state index contributed by atoms with van der Waals surface area (Å²) in [5.74, 6) is 0.247. The van der Waals surface area contributed by atoms with E-state index in [1.165, 1.54) is 0 Å². The summed E-state index contributed by atoms with van der Waals surface area (Å²) in [5, 5.41) is 4.86. The molecule has 0 radical (unpaired) electrons. The Bertz CT molecular complexity index is 1030. The first-order chi connectivity index (χ1) is 13.0. The lowest BCUT2D eigenvalue weighted by Crippen LogP contribution is -2.39. The van der Waals surface area contributed by atoms with E-state index in [2.05, 4.69) is 15.1 Å². The third-order valence-electron chi connectivity index (χ3n) is 5.23. The van der Waals surface area contributed by atoms with Gasteiger partial charge in [0.2, 0.25) is 0 Å². The summed E-state index contributed by atoms with van der Waals surface area (Å²) in [6.45, 7) is 5.35. The Hall–Kier alpha value is -2.96. The Morgan fingerprint density at radius 2 is 2.00 bits per heavy atom. The van der Waals surface area contributed by atoms with Crippen molar-refractivity contribution >= 4 is 16.8 Å². The summed E-state index contributed by atoms with van der Waals surface area (Å²) in [6, 6.07) is 7.44. The van der Waals surface area contributed by atoms with Crippen molar-refractivity contribution in [3.05, 3.63) is 58.4 Å². The van der Waals surface area contributed by atoms with Crippen molar-refractivity contribution in [1.82, 2.24) is 24.6 Å². The number of hydrogen-bond donors (Lipinski definition) is 1. The van der Waals surface area contributed by atoms with Crippen molar-refractivity contribution in [3.8, 4) is 0 Å². The minimum atomic E-state index is -0.102. The van der Waals surface area contributed by atoms with Gasteiger partial charge in [-0.2, -0.15) is 5.10 Å². The molecule has 1 aliphatic heterocycles. The molecule has 0 saturated carbocycles. The highest BCUT2D eigenvalue weighted by Gasteiger charge is 2.27. The van der Waals surface area contributed by atoms with E-state index in [1.807, 2.05) is 24.8 Å². The minimum absolute atomic E-state index is 0.0216. The number of nitrogens with zero attached hydrogens (tertiary/aromatic N) is 4. The third kappa shape index (κ3) is 3.25. The molecule has 1 amide bonds. The Morgan fingerprint density at radius 1 is 1.22 bits per heavy atom. The molecular formula is C20H23N5O2. The van der Waals surface area contributed by atoms with Gasteiger partial charge in [0.25, 0.3) is 11.5 Å². The SMILES string of the molecule is CC(C)n1nccc1C(=O)N1CCC(c2cc3ncccc3c(=O)[nH]2)CC1. The summed E-state index contributed by atoms with van der Waals surface area (Å²) in [4.78, 5) is 34.3. The Morgan fingerprint density at radius 3 is 2.74 bits per heavy atom. The molecule has 1 saturated heterocycles. The van der Waals surface area contributed by atoms with Crippen LogP contribution < -0.4 is 5.56 Å². The highest BCUT2D eigenvalue weighted by Crippen LogP contribution is 2.28. The molecule has 4 rings (SSSR count). The molecule has 3 aromatic heterocycles. The van der Waals surface area contributed by atoms with Gasteiger partial charge in [-0.15, -0.1) is 0 Å². The molecule has 1 aliphatic rings. The summed E-state index contributed by atoms with van der Waals surface area (Å²) in [7, 11) is 0. The molecule has 0 aliphatic carbocycles. The molecule has 27 heavy (non-hydrogen) atoms. The second-order valence-electron chi connectivity index (χ2n) is 7.31. The smallest absolute Gasteiger partial charge is 0.272 e. The predicted octanol–water partition coefficient (Wildman–Crippen LogP) is 2.72. The fourth-order valence-electron chi connectivity index (χ4n) is 3.78. The zero-order chi connectivity index (χ0) is 19.0. The van der Waals surface area contributed by atoms with E-state index >= 15 is 0 Å². The first-order valence-electron chi connectivity index (χ1n) is 9.35. The number of rotatable bonds is 3. The average molecular weight is 365 g/mol. The summed E-state index contributed by atoms with van der Waals surface area (Å²) in [5.41, 5.74) is 2.16. The summed E-state index contributed by atoms with van der Waals surface area (Å²) < 4.78 is 1.76. The first-order valence-corrected chi connectivity index (χ1v) is 9.35. The molecule has 0 unspecified atom stereocenters. The zero-order valence-electron chi connectivity index (χ0n) is 15.6. The van der Waals surface area contributed by atoms with Crippen LogP contribution in [0.5, 0.6) is 0 Å². The van der Waals surface area contributed by atoms with Gasteiger partial charge in [0, 0.05) is 43.1 Å². The number of amides is 1. The lowest BCUT2D eigenvalue weighted by molar-refractivity contribution is 0.0697. The number of hydrogen-bond acceptors (Lipinski definition) is 4. The van der Waals surface area contributed by atoms with Crippen LogP contribution in [0.2, 0.25) is 0 Å². The van der Waals surface area contributed by atoms with Crippen LogP contribution >= 0.6 is 0 Å². The molecule has 0 spiro atoms. The summed E-state index contributed by atoms with van der Waals surface area (Å²) >= 11 is 0. The monoisotopic (exact) mass is 365 g/mol. The molecule has 0 aromatic carbocycles. The van der Waals surface area contributed by atoms with Crippen LogP contribution in [-0.4, -0.2) is 43.6 Å². The van der Waals surface area contributed by atoms with Gasteiger partial charge in [0.05, 0.1) is 10.9 Å². The van der Waals surface area contributed by atoms with Gasteiger partial charge in [-0.3, -0.25) is 19.3 Å². The van der Waals surface area contributed by atoms with Gasteiger partial charge < -0.3 is 9.88 Å². The minimum Gasteiger partial charge on any atom is -0.337 e. The van der Waals surface area contributed by atoms with Crippen LogP contribution in [0.15, 0.2) is 41.5 Å². The van der Waals surface area contributed by atoms with Crippen molar-refractivity contribution < 1.29 is 4.79 Å². The molecule has 0 bridgehead atoms. The molecule has 7 heteroatoms. The Labute approximate surface area is 157 Å². The van der Waals surface area contributed by atoms with Crippen LogP contribution in [0.4, 0.5) is 0 Å². The normalized spacial score (nSPS) is 15.6. The number of carbonyl (C=O) groups excluding carboxylic acids is 1. The first kappa shape index (κ1) is 17.5. The van der Waals surface area contributed by atoms with Gasteiger partial charge in [0.1, 0.15) is 5.69 Å². The lowest BCUT2D eigenvalue weighted by Gasteiger charge is -2.32. The number of H-pyrrole nitrogens is 1. The number of piperidine rings is 1. The van der Waals surface area contributed by atoms with Gasteiger partial charge in [-0.1, -0.05) is 0 Å². The maximum atomic E-state index is 12.9. The van der Waals surface area contributed by atoms with E-state index in [0.717, 1.165) is 24.1 Å². The quantitative estimate of drug-likeness (QED) is 0.773. The predicted molar refractivity (Wildman–Crippen MR) is 103 cm³/mol. The lowest BCUT2D eigenvalue weighted by atomic mass is 9.92. The average Bonchev–Trinajstić information content (AvgIpc) is 3.18. The highest BCUT2D eigenvalue weighted by atomic mass is 16.2. The molecule has 4 heterocycles. The zero-order valence-corrected chi connectivity index (χ0v) is 15.6. The topological polar surface area (TPSA) is 83.9 Å². The van der Waals surface area contributed by atoms with E-state index in [-0.39, 0.29) is 23.4 Å². The molecule has 140 valence electrons. The maximum Gasteiger partial charge on any atom is 0.272 e. The second kappa shape index (κ2) is 6.98. The van der Waals surface area contributed by atoms with Crippen LogP contribution in [0, 0.1) is 0 Å². The molecular weight excluding hydrogens is 342 g/mol. The van der Waals surface area contributed by atoms with Crippen LogP contribution in [0.1, 0.15) is 54.8 Å². The molecule has 1 fully saturated rings. The number of pyridine rings is 2. The maximum absolute atomic E-state index is 12.9. The van der Waals surface area contributed by atoms with E-state index in [1.54, 1.807) is 35.3 Å². The molecule has 7 nitrogen and oxygen atoms in total. The van der Waals surface area contributed by atoms with Crippen molar-refractivity contribution in [2.45, 2.75) is 38.6 Å². The van der Waals surface area contributed by atoms with E-state index in [0.29, 0.717) is 24.2 Å². The van der Waals surface area contributed by atoms with Gasteiger partial charge in [-0.05, 0) is 51.0 Å². The fraction of sp³-hybridized carbons (Fsp3) is 0.400. The number of aromatic amines is 1. The van der Waals surface area contributed by atoms with Crippen molar-refractivity contribution in [2.24, 2.45) is 0 Å². The Kier molecular flexibility index (Phi) is 4.51.